The Hall–Kier alpha value is -1.95. The number of aliphatic hydroxyl groups excluding tert-OH is 1. The summed E-state index contributed by atoms with van der Waals surface area (Å²) in [7, 11) is 0. The van der Waals surface area contributed by atoms with Gasteiger partial charge in [-0.3, -0.25) is 14.9 Å². The van der Waals surface area contributed by atoms with Crippen LogP contribution in [0.4, 0.5) is 5.69 Å². The van der Waals surface area contributed by atoms with Crippen LogP contribution in [0.15, 0.2) is 18.2 Å². The van der Waals surface area contributed by atoms with Crippen LogP contribution in [0.5, 0.6) is 0 Å². The Morgan fingerprint density at radius 2 is 2.10 bits per heavy atom. The molecule has 2 N–H and O–H groups in total. The average molecular weight is 278 g/mol. The van der Waals surface area contributed by atoms with Gasteiger partial charge in [-0.2, -0.15) is 0 Å². The van der Waals surface area contributed by atoms with Crippen molar-refractivity contribution in [3.8, 4) is 0 Å². The Kier molecular flexibility index (Phi) is 4.34. The fraction of sp³-hybridized carbons (Fsp3) is 0.500. The summed E-state index contributed by atoms with van der Waals surface area (Å²) in [5.41, 5.74) is 0.831. The minimum atomic E-state index is -0.508. The molecule has 1 aliphatic carbocycles. The lowest BCUT2D eigenvalue weighted by atomic mass is 9.92. The standard InChI is InChI=1S/C14H18N2O4/c1-9-8-10(6-7-12(9)16(19)20)14(18)15-11-4-2-3-5-13(11)17/h6-8,11,13,17H,2-5H2,1H3,(H,15,18)/t11-,13-/m1/s1. The summed E-state index contributed by atoms with van der Waals surface area (Å²) in [5, 5.41) is 23.4. The van der Waals surface area contributed by atoms with Gasteiger partial charge in [0, 0.05) is 17.2 Å². The SMILES string of the molecule is Cc1cc(C(=O)N[C@@H]2CCCC[C@H]2O)ccc1[N+](=O)[O-]. The summed E-state index contributed by atoms with van der Waals surface area (Å²) in [4.78, 5) is 22.4. The van der Waals surface area contributed by atoms with Gasteiger partial charge in [-0.1, -0.05) is 12.8 Å². The fourth-order valence-electron chi connectivity index (χ4n) is 2.53. The third-order valence-corrected chi connectivity index (χ3v) is 3.70. The molecular formula is C14H18N2O4. The van der Waals surface area contributed by atoms with Crippen molar-refractivity contribution in [2.45, 2.75) is 44.8 Å². The second kappa shape index (κ2) is 6.00. The molecule has 2 rings (SSSR count). The van der Waals surface area contributed by atoms with Gasteiger partial charge in [0.25, 0.3) is 11.6 Å². The number of hydrogen-bond donors (Lipinski definition) is 2. The lowest BCUT2D eigenvalue weighted by Gasteiger charge is -2.28. The quantitative estimate of drug-likeness (QED) is 0.652. The number of nitro benzene ring substituents is 1. The monoisotopic (exact) mass is 278 g/mol. The second-order valence-corrected chi connectivity index (χ2v) is 5.19. The smallest absolute Gasteiger partial charge is 0.272 e. The largest absolute Gasteiger partial charge is 0.391 e. The second-order valence-electron chi connectivity index (χ2n) is 5.19. The Morgan fingerprint density at radius 3 is 2.70 bits per heavy atom. The molecule has 0 spiro atoms. The van der Waals surface area contributed by atoms with Crippen molar-refractivity contribution >= 4 is 11.6 Å². The van der Waals surface area contributed by atoms with E-state index in [4.69, 9.17) is 0 Å². The highest BCUT2D eigenvalue weighted by Gasteiger charge is 2.25. The number of nitro groups is 1. The molecule has 0 heterocycles. The number of nitrogens with one attached hydrogen (secondary N) is 1. The van der Waals surface area contributed by atoms with Crippen LogP contribution in [0, 0.1) is 17.0 Å². The van der Waals surface area contributed by atoms with Crippen molar-refractivity contribution in [3.05, 3.63) is 39.4 Å². The summed E-state index contributed by atoms with van der Waals surface area (Å²) in [5.74, 6) is -0.297. The number of carbonyl (C=O) groups is 1. The van der Waals surface area contributed by atoms with Crippen molar-refractivity contribution < 1.29 is 14.8 Å². The van der Waals surface area contributed by atoms with E-state index >= 15 is 0 Å². The molecule has 0 radical (unpaired) electrons. The molecule has 6 heteroatoms. The molecule has 1 aromatic carbocycles. The normalized spacial score (nSPS) is 22.3. The van der Waals surface area contributed by atoms with Gasteiger partial charge in [0.15, 0.2) is 0 Å². The molecule has 0 bridgehead atoms. The maximum absolute atomic E-state index is 12.1. The number of amides is 1. The number of nitrogens with zero attached hydrogens (tertiary/aromatic N) is 1. The van der Waals surface area contributed by atoms with Gasteiger partial charge in [0.2, 0.25) is 0 Å². The maximum atomic E-state index is 12.1. The van der Waals surface area contributed by atoms with E-state index in [1.54, 1.807) is 6.92 Å². The zero-order valence-corrected chi connectivity index (χ0v) is 11.3. The zero-order chi connectivity index (χ0) is 14.7. The summed E-state index contributed by atoms with van der Waals surface area (Å²) in [6.45, 7) is 1.60. The third-order valence-electron chi connectivity index (χ3n) is 3.70. The number of rotatable bonds is 3. The van der Waals surface area contributed by atoms with Gasteiger partial charge in [0.1, 0.15) is 0 Å². The van der Waals surface area contributed by atoms with Crippen LogP contribution >= 0.6 is 0 Å². The molecule has 1 amide bonds. The van der Waals surface area contributed by atoms with Crippen molar-refractivity contribution in [2.24, 2.45) is 0 Å². The molecule has 20 heavy (non-hydrogen) atoms. The summed E-state index contributed by atoms with van der Waals surface area (Å²) in [6.07, 6.45) is 2.92. The molecule has 108 valence electrons. The number of aryl methyl sites for hydroxylation is 1. The Morgan fingerprint density at radius 1 is 1.40 bits per heavy atom. The number of aliphatic hydroxyl groups is 1. The Bertz CT molecular complexity index is 530. The molecule has 1 saturated carbocycles. The van der Waals surface area contributed by atoms with Crippen LogP contribution in [0.3, 0.4) is 0 Å². The van der Waals surface area contributed by atoms with Crippen LogP contribution in [0.25, 0.3) is 0 Å². The van der Waals surface area contributed by atoms with Gasteiger partial charge < -0.3 is 10.4 Å². The van der Waals surface area contributed by atoms with E-state index in [0.717, 1.165) is 19.3 Å². The molecule has 0 aromatic heterocycles. The lowest BCUT2D eigenvalue weighted by molar-refractivity contribution is -0.385. The van der Waals surface area contributed by atoms with E-state index in [1.165, 1.54) is 18.2 Å². The predicted molar refractivity (Wildman–Crippen MR) is 73.6 cm³/mol. The van der Waals surface area contributed by atoms with Gasteiger partial charge in [0.05, 0.1) is 17.1 Å². The highest BCUT2D eigenvalue weighted by molar-refractivity contribution is 5.95. The van der Waals surface area contributed by atoms with E-state index in [0.29, 0.717) is 17.5 Å². The Labute approximate surface area is 117 Å². The Balaban J connectivity index is 2.09. The molecule has 1 aliphatic rings. The van der Waals surface area contributed by atoms with Gasteiger partial charge in [-0.25, -0.2) is 0 Å². The van der Waals surface area contributed by atoms with Crippen LogP contribution in [0.1, 0.15) is 41.6 Å². The first-order chi connectivity index (χ1) is 9.49. The summed E-state index contributed by atoms with van der Waals surface area (Å²) < 4.78 is 0. The van der Waals surface area contributed by atoms with Crippen molar-refractivity contribution in [3.63, 3.8) is 0 Å². The number of benzene rings is 1. The van der Waals surface area contributed by atoms with E-state index in [9.17, 15) is 20.0 Å². The predicted octanol–water partition coefficient (Wildman–Crippen LogP) is 1.94. The molecular weight excluding hydrogens is 260 g/mol. The van der Waals surface area contributed by atoms with E-state index in [-0.39, 0.29) is 17.6 Å². The molecule has 2 atom stereocenters. The minimum absolute atomic E-state index is 0.000693. The first-order valence-electron chi connectivity index (χ1n) is 6.73. The fourth-order valence-corrected chi connectivity index (χ4v) is 2.53. The first-order valence-corrected chi connectivity index (χ1v) is 6.73. The van der Waals surface area contributed by atoms with Crippen LogP contribution in [-0.2, 0) is 0 Å². The highest BCUT2D eigenvalue weighted by atomic mass is 16.6. The summed E-state index contributed by atoms with van der Waals surface area (Å²) in [6, 6.07) is 4.05. The first kappa shape index (κ1) is 14.5. The molecule has 1 fully saturated rings. The molecule has 0 saturated heterocycles. The molecule has 6 nitrogen and oxygen atoms in total. The van der Waals surface area contributed by atoms with E-state index in [1.807, 2.05) is 0 Å². The van der Waals surface area contributed by atoms with Crippen molar-refractivity contribution in [2.75, 3.05) is 0 Å². The summed E-state index contributed by atoms with van der Waals surface area (Å²) >= 11 is 0. The van der Waals surface area contributed by atoms with Gasteiger partial charge in [-0.15, -0.1) is 0 Å². The molecule has 1 aromatic rings. The molecule has 0 unspecified atom stereocenters. The lowest BCUT2D eigenvalue weighted by Crippen LogP contribution is -2.45. The maximum Gasteiger partial charge on any atom is 0.272 e. The topological polar surface area (TPSA) is 92.5 Å². The zero-order valence-electron chi connectivity index (χ0n) is 11.3. The van der Waals surface area contributed by atoms with Crippen LogP contribution in [0.2, 0.25) is 0 Å². The molecule has 0 aliphatic heterocycles. The minimum Gasteiger partial charge on any atom is -0.391 e. The average Bonchev–Trinajstić information content (AvgIpc) is 2.40. The highest BCUT2D eigenvalue weighted by Crippen LogP contribution is 2.21. The van der Waals surface area contributed by atoms with Crippen molar-refractivity contribution in [1.82, 2.24) is 5.32 Å². The van der Waals surface area contributed by atoms with Crippen molar-refractivity contribution in [1.29, 1.82) is 0 Å². The third kappa shape index (κ3) is 3.14. The van der Waals surface area contributed by atoms with E-state index < -0.39 is 11.0 Å². The van der Waals surface area contributed by atoms with Crippen LogP contribution in [-0.4, -0.2) is 28.1 Å². The van der Waals surface area contributed by atoms with Gasteiger partial charge in [-0.05, 0) is 31.9 Å². The van der Waals surface area contributed by atoms with Gasteiger partial charge >= 0.3 is 0 Å². The number of carbonyl (C=O) groups excluding carboxylic acids is 1. The van der Waals surface area contributed by atoms with E-state index in [2.05, 4.69) is 5.32 Å². The number of hydrogen-bond acceptors (Lipinski definition) is 4. The van der Waals surface area contributed by atoms with Crippen LogP contribution < -0.4 is 5.32 Å².